The second kappa shape index (κ2) is 8.09. The van der Waals surface area contributed by atoms with Crippen LogP contribution in [0.15, 0.2) is 36.7 Å². The zero-order chi connectivity index (χ0) is 21.4. The largest absolute Gasteiger partial charge is 0.495 e. The van der Waals surface area contributed by atoms with Crippen molar-refractivity contribution in [1.29, 1.82) is 0 Å². The lowest BCUT2D eigenvalue weighted by molar-refractivity contribution is -0.0927. The molecular weight excluding hydrogens is 412 g/mol. The van der Waals surface area contributed by atoms with Crippen LogP contribution in [-0.2, 0) is 23.3 Å². The SMILES string of the molecule is CCn1nccc1C(=O)N1CCC2(CC1)OCCc1sc(-c3ccc(OC)cn3)cc12. The van der Waals surface area contributed by atoms with Gasteiger partial charge in [0.15, 0.2) is 0 Å². The minimum Gasteiger partial charge on any atom is -0.495 e. The lowest BCUT2D eigenvalue weighted by Gasteiger charge is -2.44. The van der Waals surface area contributed by atoms with Crippen LogP contribution in [0.2, 0.25) is 0 Å². The van der Waals surface area contributed by atoms with Gasteiger partial charge in [0.2, 0.25) is 0 Å². The van der Waals surface area contributed by atoms with Crippen molar-refractivity contribution in [3.05, 3.63) is 52.8 Å². The second-order valence-corrected chi connectivity index (χ2v) is 9.08. The van der Waals surface area contributed by atoms with Gasteiger partial charge in [0.05, 0.1) is 36.1 Å². The van der Waals surface area contributed by atoms with Gasteiger partial charge < -0.3 is 14.4 Å². The van der Waals surface area contributed by atoms with Gasteiger partial charge in [0.25, 0.3) is 5.91 Å². The number of ether oxygens (including phenoxy) is 2. The highest BCUT2D eigenvalue weighted by Gasteiger charge is 2.43. The molecule has 0 aromatic carbocycles. The monoisotopic (exact) mass is 438 g/mol. The predicted octanol–water partition coefficient (Wildman–Crippen LogP) is 3.74. The number of nitrogens with zero attached hydrogens (tertiary/aromatic N) is 4. The second-order valence-electron chi connectivity index (χ2n) is 7.95. The number of carbonyl (C=O) groups is 1. The van der Waals surface area contributed by atoms with E-state index >= 15 is 0 Å². The molecule has 0 atom stereocenters. The number of fused-ring (bicyclic) bond motifs is 2. The Labute approximate surface area is 185 Å². The summed E-state index contributed by atoms with van der Waals surface area (Å²) in [5.74, 6) is 0.810. The van der Waals surface area contributed by atoms with Crippen LogP contribution in [0.5, 0.6) is 5.75 Å². The molecule has 0 unspecified atom stereocenters. The van der Waals surface area contributed by atoms with Crippen LogP contribution < -0.4 is 4.74 Å². The third-order valence-corrected chi connectivity index (χ3v) is 7.54. The van der Waals surface area contributed by atoms with E-state index in [0.29, 0.717) is 25.3 Å². The number of carbonyl (C=O) groups excluding carboxylic acids is 1. The summed E-state index contributed by atoms with van der Waals surface area (Å²) in [5, 5.41) is 4.24. The number of aryl methyl sites for hydroxylation is 1. The summed E-state index contributed by atoms with van der Waals surface area (Å²) in [6.07, 6.45) is 5.98. The first-order valence-corrected chi connectivity index (χ1v) is 11.5. The third-order valence-electron chi connectivity index (χ3n) is 6.33. The fraction of sp³-hybridized carbons (Fsp3) is 0.435. The van der Waals surface area contributed by atoms with E-state index in [1.807, 2.05) is 24.0 Å². The molecule has 3 aromatic rings. The molecule has 31 heavy (non-hydrogen) atoms. The molecule has 0 N–H and O–H groups in total. The Morgan fingerprint density at radius 2 is 2.13 bits per heavy atom. The fourth-order valence-electron chi connectivity index (χ4n) is 4.60. The molecule has 0 radical (unpaired) electrons. The first-order chi connectivity index (χ1) is 15.1. The Balaban J connectivity index is 1.36. The summed E-state index contributed by atoms with van der Waals surface area (Å²) in [5.41, 5.74) is 2.58. The Kier molecular flexibility index (Phi) is 5.27. The van der Waals surface area contributed by atoms with Crippen molar-refractivity contribution in [2.45, 2.75) is 38.3 Å². The molecule has 8 heteroatoms. The maximum Gasteiger partial charge on any atom is 0.272 e. The summed E-state index contributed by atoms with van der Waals surface area (Å²) in [4.78, 5) is 22.0. The number of pyridine rings is 1. The average molecular weight is 439 g/mol. The molecule has 0 saturated carbocycles. The highest BCUT2D eigenvalue weighted by Crippen LogP contribution is 2.46. The number of hydrogen-bond acceptors (Lipinski definition) is 6. The number of rotatable bonds is 4. The summed E-state index contributed by atoms with van der Waals surface area (Å²) < 4.78 is 13.4. The third kappa shape index (κ3) is 3.53. The standard InChI is InChI=1S/C23H26N4O3S/c1-3-27-19(6-10-25-27)22(28)26-11-8-23(9-12-26)17-14-21(31-20(17)7-13-30-23)18-5-4-16(29-2)15-24-18/h4-6,10,14-15H,3,7-9,11-13H2,1-2H3. The molecule has 1 spiro atoms. The van der Waals surface area contributed by atoms with Crippen LogP contribution >= 0.6 is 11.3 Å². The highest BCUT2D eigenvalue weighted by molar-refractivity contribution is 7.15. The first kappa shape index (κ1) is 20.2. The van der Waals surface area contributed by atoms with Gasteiger partial charge in [-0.15, -0.1) is 11.3 Å². The van der Waals surface area contributed by atoms with Crippen LogP contribution in [0.4, 0.5) is 0 Å². The summed E-state index contributed by atoms with van der Waals surface area (Å²) in [7, 11) is 1.65. The molecule has 1 fully saturated rings. The molecule has 0 bridgehead atoms. The van der Waals surface area contributed by atoms with Crippen LogP contribution in [0.25, 0.3) is 10.6 Å². The molecule has 1 amide bonds. The number of hydrogen-bond donors (Lipinski definition) is 0. The van der Waals surface area contributed by atoms with Gasteiger partial charge in [-0.2, -0.15) is 5.10 Å². The van der Waals surface area contributed by atoms with Gasteiger partial charge in [-0.25, -0.2) is 0 Å². The summed E-state index contributed by atoms with van der Waals surface area (Å²) in [6, 6.07) is 8.00. The van der Waals surface area contributed by atoms with Gasteiger partial charge in [-0.05, 0) is 49.6 Å². The van der Waals surface area contributed by atoms with Crippen molar-refractivity contribution < 1.29 is 14.3 Å². The van der Waals surface area contributed by atoms with Crippen LogP contribution in [0.3, 0.4) is 0 Å². The molecule has 1 saturated heterocycles. The molecule has 2 aliphatic rings. The predicted molar refractivity (Wildman–Crippen MR) is 118 cm³/mol. The molecule has 2 aliphatic heterocycles. The highest BCUT2D eigenvalue weighted by atomic mass is 32.1. The lowest BCUT2D eigenvalue weighted by atomic mass is 9.82. The molecule has 0 aliphatic carbocycles. The van der Waals surface area contributed by atoms with E-state index < -0.39 is 0 Å². The Morgan fingerprint density at radius 3 is 2.84 bits per heavy atom. The summed E-state index contributed by atoms with van der Waals surface area (Å²) >= 11 is 1.80. The van der Waals surface area contributed by atoms with Crippen molar-refractivity contribution in [2.24, 2.45) is 0 Å². The number of piperidine rings is 1. The normalized spacial score (nSPS) is 17.5. The van der Waals surface area contributed by atoms with Gasteiger partial charge in [0.1, 0.15) is 11.4 Å². The van der Waals surface area contributed by atoms with E-state index in [9.17, 15) is 4.79 Å². The molecule has 7 nitrogen and oxygen atoms in total. The number of amides is 1. The van der Waals surface area contributed by atoms with E-state index in [1.54, 1.807) is 41.6 Å². The van der Waals surface area contributed by atoms with Crippen LogP contribution in [0, 0.1) is 0 Å². The number of thiophene rings is 1. The van der Waals surface area contributed by atoms with E-state index in [4.69, 9.17) is 9.47 Å². The maximum absolute atomic E-state index is 13.0. The quantitative estimate of drug-likeness (QED) is 0.621. The fourth-order valence-corrected chi connectivity index (χ4v) is 5.81. The Hall–Kier alpha value is -2.71. The van der Waals surface area contributed by atoms with Gasteiger partial charge in [0, 0.05) is 37.1 Å². The number of likely N-dealkylation sites (tertiary alicyclic amines) is 1. The maximum atomic E-state index is 13.0. The van der Waals surface area contributed by atoms with Crippen molar-refractivity contribution in [3.8, 4) is 16.3 Å². The molecule has 5 rings (SSSR count). The minimum atomic E-state index is -0.309. The van der Waals surface area contributed by atoms with Gasteiger partial charge in [-0.1, -0.05) is 0 Å². The number of methoxy groups -OCH3 is 1. The van der Waals surface area contributed by atoms with E-state index in [1.165, 1.54) is 10.4 Å². The summed E-state index contributed by atoms with van der Waals surface area (Å²) in [6.45, 7) is 4.77. The lowest BCUT2D eigenvalue weighted by Crippen LogP contribution is -2.48. The van der Waals surface area contributed by atoms with Crippen molar-refractivity contribution in [2.75, 3.05) is 26.8 Å². The zero-order valence-electron chi connectivity index (χ0n) is 17.8. The topological polar surface area (TPSA) is 69.5 Å². The Morgan fingerprint density at radius 1 is 1.29 bits per heavy atom. The van der Waals surface area contributed by atoms with Crippen LogP contribution in [0.1, 0.15) is 40.7 Å². The van der Waals surface area contributed by atoms with Crippen molar-refractivity contribution in [3.63, 3.8) is 0 Å². The molecule has 3 aromatic heterocycles. The molecule has 5 heterocycles. The van der Waals surface area contributed by atoms with Gasteiger partial charge >= 0.3 is 0 Å². The van der Waals surface area contributed by atoms with E-state index in [-0.39, 0.29) is 11.5 Å². The van der Waals surface area contributed by atoms with Crippen LogP contribution in [-0.4, -0.2) is 52.4 Å². The first-order valence-electron chi connectivity index (χ1n) is 10.7. The average Bonchev–Trinajstić information content (AvgIpc) is 3.47. The molecular formula is C23H26N4O3S. The number of aromatic nitrogens is 3. The van der Waals surface area contributed by atoms with E-state index in [0.717, 1.165) is 42.2 Å². The van der Waals surface area contributed by atoms with Gasteiger partial charge in [-0.3, -0.25) is 14.5 Å². The smallest absolute Gasteiger partial charge is 0.272 e. The minimum absolute atomic E-state index is 0.0543. The van der Waals surface area contributed by atoms with Crippen molar-refractivity contribution >= 4 is 17.2 Å². The molecule has 162 valence electrons. The zero-order valence-corrected chi connectivity index (χ0v) is 18.7. The Bertz CT molecular complexity index is 1080. The van der Waals surface area contributed by atoms with E-state index in [2.05, 4.69) is 16.1 Å². The van der Waals surface area contributed by atoms with Crippen molar-refractivity contribution in [1.82, 2.24) is 19.7 Å².